The SMILES string of the molecule is CCc1ccc(C(Cl)c2ccc3c(c2)OCCO3)o1. The summed E-state index contributed by atoms with van der Waals surface area (Å²) < 4.78 is 16.7. The summed E-state index contributed by atoms with van der Waals surface area (Å²) in [7, 11) is 0. The zero-order chi connectivity index (χ0) is 13.2. The van der Waals surface area contributed by atoms with Gasteiger partial charge < -0.3 is 13.9 Å². The molecule has 0 fully saturated rings. The molecule has 0 bridgehead atoms. The number of rotatable bonds is 3. The summed E-state index contributed by atoms with van der Waals surface area (Å²) in [6.45, 7) is 3.22. The predicted octanol–water partition coefficient (Wildman–Crippen LogP) is 3.94. The van der Waals surface area contributed by atoms with Crippen LogP contribution in [0.5, 0.6) is 11.5 Å². The molecule has 0 N–H and O–H groups in total. The molecule has 2 heterocycles. The van der Waals surface area contributed by atoms with Crippen molar-refractivity contribution in [1.82, 2.24) is 0 Å². The third-order valence-electron chi connectivity index (χ3n) is 3.14. The molecule has 0 amide bonds. The number of halogens is 1. The Labute approximate surface area is 117 Å². The lowest BCUT2D eigenvalue weighted by molar-refractivity contribution is 0.171. The molecule has 0 radical (unpaired) electrons. The Hall–Kier alpha value is -1.61. The summed E-state index contributed by atoms with van der Waals surface area (Å²) in [4.78, 5) is 0. The van der Waals surface area contributed by atoms with Crippen molar-refractivity contribution in [3.05, 3.63) is 47.4 Å². The van der Waals surface area contributed by atoms with Crippen LogP contribution in [0.3, 0.4) is 0 Å². The molecule has 1 aliphatic rings. The van der Waals surface area contributed by atoms with Gasteiger partial charge in [-0.15, -0.1) is 11.6 Å². The molecular formula is C15H15ClO3. The number of furan rings is 1. The van der Waals surface area contributed by atoms with Crippen LogP contribution in [0.4, 0.5) is 0 Å². The topological polar surface area (TPSA) is 31.6 Å². The normalized spacial score (nSPS) is 15.3. The zero-order valence-corrected chi connectivity index (χ0v) is 11.4. The van der Waals surface area contributed by atoms with Crippen LogP contribution in [0, 0.1) is 0 Å². The number of alkyl halides is 1. The highest BCUT2D eigenvalue weighted by atomic mass is 35.5. The number of ether oxygens (including phenoxy) is 2. The lowest BCUT2D eigenvalue weighted by atomic mass is 10.1. The Kier molecular flexibility index (Phi) is 3.38. The van der Waals surface area contributed by atoms with E-state index in [1.54, 1.807) is 0 Å². The molecule has 0 saturated carbocycles. The molecule has 4 heteroatoms. The zero-order valence-electron chi connectivity index (χ0n) is 10.7. The van der Waals surface area contributed by atoms with Crippen LogP contribution in [0.25, 0.3) is 0 Å². The minimum atomic E-state index is -0.309. The third kappa shape index (κ3) is 2.43. The fourth-order valence-corrected chi connectivity index (χ4v) is 2.36. The molecule has 3 nitrogen and oxygen atoms in total. The molecule has 0 saturated heterocycles. The Morgan fingerprint density at radius 3 is 2.63 bits per heavy atom. The smallest absolute Gasteiger partial charge is 0.161 e. The van der Waals surface area contributed by atoms with Crippen LogP contribution in [0.15, 0.2) is 34.7 Å². The number of fused-ring (bicyclic) bond motifs is 1. The van der Waals surface area contributed by atoms with Crippen molar-refractivity contribution in [2.45, 2.75) is 18.7 Å². The molecule has 0 spiro atoms. The fourth-order valence-electron chi connectivity index (χ4n) is 2.10. The van der Waals surface area contributed by atoms with Crippen molar-refractivity contribution in [2.75, 3.05) is 13.2 Å². The first-order valence-corrected chi connectivity index (χ1v) is 6.84. The van der Waals surface area contributed by atoms with E-state index < -0.39 is 0 Å². The number of aryl methyl sites for hydroxylation is 1. The highest BCUT2D eigenvalue weighted by molar-refractivity contribution is 6.22. The van der Waals surface area contributed by atoms with Gasteiger partial charge in [0.25, 0.3) is 0 Å². The second-order valence-electron chi connectivity index (χ2n) is 4.42. The molecule has 2 aromatic rings. The van der Waals surface area contributed by atoms with E-state index >= 15 is 0 Å². The molecule has 1 atom stereocenters. The molecule has 1 aromatic carbocycles. The van der Waals surface area contributed by atoms with E-state index in [9.17, 15) is 0 Å². The Bertz CT molecular complexity index is 577. The van der Waals surface area contributed by atoms with E-state index in [0.717, 1.165) is 35.0 Å². The van der Waals surface area contributed by atoms with Crippen LogP contribution >= 0.6 is 11.6 Å². The van der Waals surface area contributed by atoms with Crippen LogP contribution in [0.1, 0.15) is 29.4 Å². The van der Waals surface area contributed by atoms with Gasteiger partial charge in [0, 0.05) is 6.42 Å². The van der Waals surface area contributed by atoms with Gasteiger partial charge >= 0.3 is 0 Å². The average Bonchev–Trinajstić information content (AvgIpc) is 2.95. The standard InChI is InChI=1S/C15H15ClO3/c1-2-11-4-6-13(19-11)15(16)10-3-5-12-14(9-10)18-8-7-17-12/h3-6,9,15H,2,7-8H2,1H3. The summed E-state index contributed by atoms with van der Waals surface area (Å²) in [5.74, 6) is 3.22. The van der Waals surface area contributed by atoms with Crippen LogP contribution in [-0.4, -0.2) is 13.2 Å². The predicted molar refractivity (Wildman–Crippen MR) is 73.2 cm³/mol. The van der Waals surface area contributed by atoms with Gasteiger partial charge in [0.05, 0.1) is 0 Å². The van der Waals surface area contributed by atoms with Gasteiger partial charge in [0.2, 0.25) is 0 Å². The van der Waals surface area contributed by atoms with E-state index in [-0.39, 0.29) is 5.38 Å². The monoisotopic (exact) mass is 278 g/mol. The maximum absolute atomic E-state index is 6.45. The largest absolute Gasteiger partial charge is 0.486 e. The van der Waals surface area contributed by atoms with Crippen molar-refractivity contribution < 1.29 is 13.9 Å². The molecule has 1 unspecified atom stereocenters. The van der Waals surface area contributed by atoms with Gasteiger partial charge in [-0.3, -0.25) is 0 Å². The van der Waals surface area contributed by atoms with Gasteiger partial charge in [-0.25, -0.2) is 0 Å². The Morgan fingerprint density at radius 1 is 1.11 bits per heavy atom. The summed E-state index contributed by atoms with van der Waals surface area (Å²) in [5.41, 5.74) is 0.947. The quantitative estimate of drug-likeness (QED) is 0.797. The van der Waals surface area contributed by atoms with Crippen LogP contribution < -0.4 is 9.47 Å². The first-order valence-electron chi connectivity index (χ1n) is 6.40. The highest BCUT2D eigenvalue weighted by Gasteiger charge is 2.19. The van der Waals surface area contributed by atoms with Crippen molar-refractivity contribution in [1.29, 1.82) is 0 Å². The van der Waals surface area contributed by atoms with Crippen molar-refractivity contribution in [3.63, 3.8) is 0 Å². The molecule has 100 valence electrons. The van der Waals surface area contributed by atoms with E-state index in [1.165, 1.54) is 0 Å². The molecule has 3 rings (SSSR count). The van der Waals surface area contributed by atoms with E-state index in [0.29, 0.717) is 13.2 Å². The minimum Gasteiger partial charge on any atom is -0.486 e. The second-order valence-corrected chi connectivity index (χ2v) is 4.86. The van der Waals surface area contributed by atoms with Crippen LogP contribution in [0.2, 0.25) is 0 Å². The fraction of sp³-hybridized carbons (Fsp3) is 0.333. The van der Waals surface area contributed by atoms with E-state index in [2.05, 4.69) is 6.92 Å². The van der Waals surface area contributed by atoms with Gasteiger partial charge in [-0.05, 0) is 29.8 Å². The minimum absolute atomic E-state index is 0.309. The maximum Gasteiger partial charge on any atom is 0.161 e. The van der Waals surface area contributed by atoms with Crippen molar-refractivity contribution >= 4 is 11.6 Å². The lowest BCUT2D eigenvalue weighted by Crippen LogP contribution is -2.15. The van der Waals surface area contributed by atoms with Gasteiger partial charge in [0.15, 0.2) is 11.5 Å². The molecule has 1 aliphatic heterocycles. The van der Waals surface area contributed by atoms with Crippen molar-refractivity contribution in [3.8, 4) is 11.5 Å². The number of hydrogen-bond acceptors (Lipinski definition) is 3. The van der Waals surface area contributed by atoms with Gasteiger partial charge in [-0.2, -0.15) is 0 Å². The molecule has 1 aromatic heterocycles. The first-order chi connectivity index (χ1) is 9.28. The number of benzene rings is 1. The molecule has 0 aliphatic carbocycles. The van der Waals surface area contributed by atoms with E-state index in [1.807, 2.05) is 30.3 Å². The molecule has 19 heavy (non-hydrogen) atoms. The second kappa shape index (κ2) is 5.17. The first kappa shape index (κ1) is 12.4. The molecular weight excluding hydrogens is 264 g/mol. The third-order valence-corrected chi connectivity index (χ3v) is 3.61. The maximum atomic E-state index is 6.45. The van der Waals surface area contributed by atoms with Crippen LogP contribution in [-0.2, 0) is 6.42 Å². The summed E-state index contributed by atoms with van der Waals surface area (Å²) in [6, 6.07) is 9.64. The highest BCUT2D eigenvalue weighted by Crippen LogP contribution is 2.37. The Balaban J connectivity index is 1.88. The lowest BCUT2D eigenvalue weighted by Gasteiger charge is -2.19. The summed E-state index contributed by atoms with van der Waals surface area (Å²) >= 11 is 6.45. The number of hydrogen-bond donors (Lipinski definition) is 0. The summed E-state index contributed by atoms with van der Waals surface area (Å²) in [5, 5.41) is -0.309. The van der Waals surface area contributed by atoms with E-state index in [4.69, 9.17) is 25.5 Å². The average molecular weight is 279 g/mol. The van der Waals surface area contributed by atoms with Crippen molar-refractivity contribution in [2.24, 2.45) is 0 Å². The van der Waals surface area contributed by atoms with Gasteiger partial charge in [0.1, 0.15) is 30.1 Å². The van der Waals surface area contributed by atoms with Gasteiger partial charge in [-0.1, -0.05) is 13.0 Å². The summed E-state index contributed by atoms with van der Waals surface area (Å²) in [6.07, 6.45) is 0.866. The Morgan fingerprint density at radius 2 is 1.89 bits per heavy atom.